The van der Waals surface area contributed by atoms with Gasteiger partial charge in [-0.3, -0.25) is 0 Å². The first kappa shape index (κ1) is 12.6. The third kappa shape index (κ3) is 3.32. The highest BCUT2D eigenvalue weighted by Gasteiger charge is 2.13. The number of fused-ring (bicyclic) bond motifs is 1. The van der Waals surface area contributed by atoms with Crippen LogP contribution in [0.2, 0.25) is 0 Å². The minimum atomic E-state index is 0.643. The molecule has 2 heterocycles. The van der Waals surface area contributed by atoms with Gasteiger partial charge in [0.15, 0.2) is 11.5 Å². The standard InChI is InChI=1S/C15H22N2O2/c1-2-12(11-16-6-1)5-7-17-13-3-4-14-15(10-13)19-9-8-18-14/h3-4,10,12,16-17H,1-2,5-9,11H2. The first-order chi connectivity index (χ1) is 9.42. The molecule has 0 aromatic heterocycles. The molecule has 19 heavy (non-hydrogen) atoms. The Kier molecular flexibility index (Phi) is 4.08. The summed E-state index contributed by atoms with van der Waals surface area (Å²) in [7, 11) is 0. The Hall–Kier alpha value is -1.42. The third-order valence-electron chi connectivity index (χ3n) is 3.82. The highest BCUT2D eigenvalue weighted by atomic mass is 16.6. The van der Waals surface area contributed by atoms with E-state index < -0.39 is 0 Å². The van der Waals surface area contributed by atoms with Crippen molar-refractivity contribution in [3.05, 3.63) is 18.2 Å². The second-order valence-corrected chi connectivity index (χ2v) is 5.29. The van der Waals surface area contributed by atoms with Crippen LogP contribution in [0.25, 0.3) is 0 Å². The molecule has 0 amide bonds. The molecule has 1 unspecified atom stereocenters. The van der Waals surface area contributed by atoms with Crippen molar-refractivity contribution in [3.8, 4) is 11.5 Å². The quantitative estimate of drug-likeness (QED) is 0.873. The molecule has 0 spiro atoms. The molecule has 0 bridgehead atoms. The lowest BCUT2D eigenvalue weighted by Crippen LogP contribution is -2.30. The van der Waals surface area contributed by atoms with Gasteiger partial charge in [-0.15, -0.1) is 0 Å². The molecule has 1 fully saturated rings. The predicted octanol–water partition coefficient (Wildman–Crippen LogP) is 2.26. The Labute approximate surface area is 114 Å². The number of rotatable bonds is 4. The smallest absolute Gasteiger partial charge is 0.163 e. The summed E-state index contributed by atoms with van der Waals surface area (Å²) in [5.74, 6) is 2.53. The summed E-state index contributed by atoms with van der Waals surface area (Å²) in [6.07, 6.45) is 3.89. The van der Waals surface area contributed by atoms with Gasteiger partial charge in [-0.25, -0.2) is 0 Å². The first-order valence-electron chi connectivity index (χ1n) is 7.26. The number of ether oxygens (including phenoxy) is 2. The Morgan fingerprint density at radius 2 is 2.11 bits per heavy atom. The van der Waals surface area contributed by atoms with Crippen LogP contribution in [0.15, 0.2) is 18.2 Å². The van der Waals surface area contributed by atoms with Crippen LogP contribution in [-0.2, 0) is 0 Å². The van der Waals surface area contributed by atoms with E-state index in [1.54, 1.807) is 0 Å². The van der Waals surface area contributed by atoms with Crippen LogP contribution in [-0.4, -0.2) is 32.8 Å². The van der Waals surface area contributed by atoms with Gasteiger partial charge in [0.2, 0.25) is 0 Å². The van der Waals surface area contributed by atoms with Gasteiger partial charge in [0, 0.05) is 18.3 Å². The lowest BCUT2D eigenvalue weighted by molar-refractivity contribution is 0.171. The Morgan fingerprint density at radius 3 is 2.95 bits per heavy atom. The van der Waals surface area contributed by atoms with Crippen LogP contribution in [0.1, 0.15) is 19.3 Å². The Balaban J connectivity index is 1.49. The molecule has 1 aromatic rings. The summed E-state index contributed by atoms with van der Waals surface area (Å²) in [5.41, 5.74) is 1.12. The van der Waals surface area contributed by atoms with E-state index in [1.165, 1.54) is 32.4 Å². The second kappa shape index (κ2) is 6.15. The maximum Gasteiger partial charge on any atom is 0.163 e. The van der Waals surface area contributed by atoms with Gasteiger partial charge in [0.25, 0.3) is 0 Å². The minimum Gasteiger partial charge on any atom is -0.486 e. The third-order valence-corrected chi connectivity index (χ3v) is 3.82. The van der Waals surface area contributed by atoms with Crippen LogP contribution in [0.3, 0.4) is 0 Å². The van der Waals surface area contributed by atoms with E-state index >= 15 is 0 Å². The topological polar surface area (TPSA) is 42.5 Å². The molecule has 1 atom stereocenters. The van der Waals surface area contributed by atoms with Crippen molar-refractivity contribution in [1.29, 1.82) is 0 Å². The van der Waals surface area contributed by atoms with Gasteiger partial charge in [0.05, 0.1) is 0 Å². The SMILES string of the molecule is c1cc2c(cc1NCCC1CCCNC1)OCCO2. The van der Waals surface area contributed by atoms with E-state index in [0.29, 0.717) is 13.2 Å². The van der Waals surface area contributed by atoms with Crippen molar-refractivity contribution < 1.29 is 9.47 Å². The highest BCUT2D eigenvalue weighted by molar-refractivity contribution is 5.55. The van der Waals surface area contributed by atoms with Crippen LogP contribution >= 0.6 is 0 Å². The Bertz CT molecular complexity index is 417. The molecule has 0 radical (unpaired) electrons. The largest absolute Gasteiger partial charge is 0.486 e. The van der Waals surface area contributed by atoms with Crippen LogP contribution < -0.4 is 20.1 Å². The highest BCUT2D eigenvalue weighted by Crippen LogP contribution is 2.32. The molecule has 104 valence electrons. The summed E-state index contributed by atoms with van der Waals surface area (Å²) in [6.45, 7) is 4.67. The molecule has 1 aromatic carbocycles. The van der Waals surface area contributed by atoms with Crippen molar-refractivity contribution >= 4 is 5.69 Å². The number of hydrogen-bond acceptors (Lipinski definition) is 4. The summed E-state index contributed by atoms with van der Waals surface area (Å²) in [6, 6.07) is 6.08. The summed E-state index contributed by atoms with van der Waals surface area (Å²) in [4.78, 5) is 0. The van der Waals surface area contributed by atoms with Crippen molar-refractivity contribution in [1.82, 2.24) is 5.32 Å². The average molecular weight is 262 g/mol. The lowest BCUT2D eigenvalue weighted by Gasteiger charge is -2.23. The molecule has 0 aliphatic carbocycles. The fourth-order valence-corrected chi connectivity index (χ4v) is 2.74. The minimum absolute atomic E-state index is 0.643. The molecule has 2 aliphatic rings. The molecule has 2 aliphatic heterocycles. The van der Waals surface area contributed by atoms with E-state index in [0.717, 1.165) is 29.6 Å². The lowest BCUT2D eigenvalue weighted by atomic mass is 9.96. The van der Waals surface area contributed by atoms with Crippen LogP contribution in [0.4, 0.5) is 5.69 Å². The van der Waals surface area contributed by atoms with E-state index in [4.69, 9.17) is 9.47 Å². The summed E-state index contributed by atoms with van der Waals surface area (Å²) < 4.78 is 11.1. The zero-order chi connectivity index (χ0) is 12.9. The number of nitrogens with one attached hydrogen (secondary N) is 2. The van der Waals surface area contributed by atoms with Crippen molar-refractivity contribution in [2.45, 2.75) is 19.3 Å². The van der Waals surface area contributed by atoms with Gasteiger partial charge in [-0.05, 0) is 50.4 Å². The molecule has 2 N–H and O–H groups in total. The number of hydrogen-bond donors (Lipinski definition) is 2. The van der Waals surface area contributed by atoms with Gasteiger partial charge in [-0.1, -0.05) is 0 Å². The zero-order valence-corrected chi connectivity index (χ0v) is 11.3. The van der Waals surface area contributed by atoms with Crippen molar-refractivity contribution in [2.24, 2.45) is 5.92 Å². The van der Waals surface area contributed by atoms with Crippen LogP contribution in [0.5, 0.6) is 11.5 Å². The molecular formula is C15H22N2O2. The fraction of sp³-hybridized carbons (Fsp3) is 0.600. The average Bonchev–Trinajstić information content (AvgIpc) is 2.48. The predicted molar refractivity (Wildman–Crippen MR) is 76.1 cm³/mol. The van der Waals surface area contributed by atoms with E-state index in [2.05, 4.69) is 16.7 Å². The van der Waals surface area contributed by atoms with Gasteiger partial charge >= 0.3 is 0 Å². The monoisotopic (exact) mass is 262 g/mol. The van der Waals surface area contributed by atoms with Crippen molar-refractivity contribution in [3.63, 3.8) is 0 Å². The van der Waals surface area contributed by atoms with E-state index in [1.807, 2.05) is 12.1 Å². The molecule has 1 saturated heterocycles. The zero-order valence-electron chi connectivity index (χ0n) is 11.3. The normalized spacial score (nSPS) is 22.0. The molecule has 4 heteroatoms. The maximum atomic E-state index is 5.59. The number of anilines is 1. The Morgan fingerprint density at radius 1 is 1.21 bits per heavy atom. The van der Waals surface area contributed by atoms with Gasteiger partial charge in [-0.2, -0.15) is 0 Å². The molecule has 3 rings (SSSR count). The first-order valence-corrected chi connectivity index (χ1v) is 7.26. The van der Waals surface area contributed by atoms with Gasteiger partial charge in [0.1, 0.15) is 13.2 Å². The molecule has 0 saturated carbocycles. The summed E-state index contributed by atoms with van der Waals surface area (Å²) >= 11 is 0. The van der Waals surface area contributed by atoms with E-state index in [-0.39, 0.29) is 0 Å². The van der Waals surface area contributed by atoms with Crippen LogP contribution in [0, 0.1) is 5.92 Å². The second-order valence-electron chi connectivity index (χ2n) is 5.29. The number of piperidine rings is 1. The summed E-state index contributed by atoms with van der Waals surface area (Å²) in [5, 5.41) is 6.94. The number of benzene rings is 1. The van der Waals surface area contributed by atoms with Crippen molar-refractivity contribution in [2.75, 3.05) is 38.2 Å². The van der Waals surface area contributed by atoms with E-state index in [9.17, 15) is 0 Å². The molecule has 4 nitrogen and oxygen atoms in total. The maximum absolute atomic E-state index is 5.59. The molecular weight excluding hydrogens is 240 g/mol. The fourth-order valence-electron chi connectivity index (χ4n) is 2.74. The van der Waals surface area contributed by atoms with Gasteiger partial charge < -0.3 is 20.1 Å².